The molecular formula is C24H25N3O4. The normalized spacial score (nSPS) is 13.3. The highest BCUT2D eigenvalue weighted by molar-refractivity contribution is 6.05. The van der Waals surface area contributed by atoms with Gasteiger partial charge in [-0.3, -0.25) is 9.59 Å². The van der Waals surface area contributed by atoms with Gasteiger partial charge in [-0.15, -0.1) is 0 Å². The van der Waals surface area contributed by atoms with Crippen molar-refractivity contribution in [1.29, 1.82) is 0 Å². The molecule has 2 aromatic carbocycles. The van der Waals surface area contributed by atoms with E-state index in [1.165, 1.54) is 0 Å². The lowest BCUT2D eigenvalue weighted by molar-refractivity contribution is 0.0792. The van der Waals surface area contributed by atoms with Crippen LogP contribution in [-0.2, 0) is 6.61 Å². The summed E-state index contributed by atoms with van der Waals surface area (Å²) < 4.78 is 11.0. The number of aryl methyl sites for hydroxylation is 2. The molecule has 1 saturated heterocycles. The zero-order valence-corrected chi connectivity index (χ0v) is 17.7. The second-order valence-corrected chi connectivity index (χ2v) is 7.65. The van der Waals surface area contributed by atoms with E-state index in [9.17, 15) is 9.59 Å². The van der Waals surface area contributed by atoms with Gasteiger partial charge in [0.25, 0.3) is 11.8 Å². The third-order valence-electron chi connectivity index (χ3n) is 5.42. The van der Waals surface area contributed by atoms with Crippen LogP contribution in [0.25, 0.3) is 0 Å². The van der Waals surface area contributed by atoms with Crippen molar-refractivity contribution < 1.29 is 18.8 Å². The van der Waals surface area contributed by atoms with E-state index < -0.39 is 0 Å². The highest BCUT2D eigenvalue weighted by Crippen LogP contribution is 2.20. The lowest BCUT2D eigenvalue weighted by Gasteiger charge is -2.16. The van der Waals surface area contributed by atoms with Gasteiger partial charge < -0.3 is 19.5 Å². The summed E-state index contributed by atoms with van der Waals surface area (Å²) in [5, 5.41) is 6.79. The molecular weight excluding hydrogens is 394 g/mol. The van der Waals surface area contributed by atoms with Crippen LogP contribution < -0.4 is 10.1 Å². The van der Waals surface area contributed by atoms with E-state index in [1.807, 2.05) is 18.7 Å². The Labute approximate surface area is 181 Å². The van der Waals surface area contributed by atoms with Crippen LogP contribution in [-0.4, -0.2) is 35.0 Å². The summed E-state index contributed by atoms with van der Waals surface area (Å²) in [5.41, 5.74) is 3.31. The van der Waals surface area contributed by atoms with Crippen molar-refractivity contribution in [3.63, 3.8) is 0 Å². The first-order chi connectivity index (χ1) is 15.0. The largest absolute Gasteiger partial charge is 0.489 e. The maximum Gasteiger partial charge on any atom is 0.255 e. The van der Waals surface area contributed by atoms with E-state index in [4.69, 9.17) is 9.26 Å². The Morgan fingerprint density at radius 1 is 1.06 bits per heavy atom. The molecule has 0 atom stereocenters. The number of carbonyl (C=O) groups excluding carboxylic acids is 2. The minimum atomic E-state index is -0.270. The van der Waals surface area contributed by atoms with Crippen LogP contribution in [0.2, 0.25) is 0 Å². The van der Waals surface area contributed by atoms with Crippen LogP contribution in [0.5, 0.6) is 5.75 Å². The molecule has 31 heavy (non-hydrogen) atoms. The molecule has 0 spiro atoms. The molecule has 2 amide bonds. The van der Waals surface area contributed by atoms with Gasteiger partial charge in [0.1, 0.15) is 18.1 Å². The zero-order chi connectivity index (χ0) is 21.8. The van der Waals surface area contributed by atoms with Crippen molar-refractivity contribution in [2.24, 2.45) is 0 Å². The number of hydrogen-bond acceptors (Lipinski definition) is 5. The van der Waals surface area contributed by atoms with Crippen molar-refractivity contribution in [2.45, 2.75) is 33.3 Å². The summed E-state index contributed by atoms with van der Waals surface area (Å²) in [6.45, 7) is 5.59. The van der Waals surface area contributed by atoms with E-state index >= 15 is 0 Å². The molecule has 0 bridgehead atoms. The second-order valence-electron chi connectivity index (χ2n) is 7.65. The van der Waals surface area contributed by atoms with Crippen molar-refractivity contribution >= 4 is 17.5 Å². The number of nitrogens with zero attached hydrogens (tertiary/aromatic N) is 2. The van der Waals surface area contributed by atoms with E-state index in [0.717, 1.165) is 42.9 Å². The Kier molecular flexibility index (Phi) is 6.02. The maximum atomic E-state index is 12.8. The molecule has 1 N–H and O–H groups in total. The number of carbonyl (C=O) groups is 2. The average Bonchev–Trinajstić information content (AvgIpc) is 3.42. The molecule has 7 heteroatoms. The zero-order valence-electron chi connectivity index (χ0n) is 17.7. The molecule has 3 aromatic rings. The SMILES string of the molecule is Cc1noc(C)c1COc1cccc(C(=O)Nc2cccc(C(=O)N3CCCC3)c2)c1. The Balaban J connectivity index is 1.42. The third-order valence-corrected chi connectivity index (χ3v) is 5.42. The van der Waals surface area contributed by atoms with Crippen molar-refractivity contribution in [3.05, 3.63) is 76.7 Å². The molecule has 7 nitrogen and oxygen atoms in total. The minimum absolute atomic E-state index is 0.00307. The van der Waals surface area contributed by atoms with Gasteiger partial charge in [0, 0.05) is 29.9 Å². The van der Waals surface area contributed by atoms with Gasteiger partial charge in [-0.25, -0.2) is 0 Å². The predicted octanol–water partition coefficient (Wildman–Crippen LogP) is 4.36. The van der Waals surface area contributed by atoms with Gasteiger partial charge in [0.15, 0.2) is 0 Å². The van der Waals surface area contributed by atoms with Crippen molar-refractivity contribution in [2.75, 3.05) is 18.4 Å². The topological polar surface area (TPSA) is 84.7 Å². The summed E-state index contributed by atoms with van der Waals surface area (Å²) in [7, 11) is 0. The summed E-state index contributed by atoms with van der Waals surface area (Å²) in [5.74, 6) is 1.03. The quantitative estimate of drug-likeness (QED) is 0.642. The van der Waals surface area contributed by atoms with Crippen molar-refractivity contribution in [1.82, 2.24) is 10.1 Å². The summed E-state index contributed by atoms with van der Waals surface area (Å²) in [6.07, 6.45) is 2.08. The minimum Gasteiger partial charge on any atom is -0.489 e. The van der Waals surface area contributed by atoms with Gasteiger partial charge in [0.05, 0.1) is 11.3 Å². The fourth-order valence-electron chi connectivity index (χ4n) is 3.63. The number of hydrogen-bond donors (Lipinski definition) is 1. The number of aromatic nitrogens is 1. The molecule has 1 aromatic heterocycles. The molecule has 0 unspecified atom stereocenters. The fourth-order valence-corrected chi connectivity index (χ4v) is 3.63. The fraction of sp³-hybridized carbons (Fsp3) is 0.292. The Hall–Kier alpha value is -3.61. The first kappa shape index (κ1) is 20.7. The third kappa shape index (κ3) is 4.77. The van der Waals surface area contributed by atoms with Crippen LogP contribution in [0.4, 0.5) is 5.69 Å². The molecule has 0 aliphatic carbocycles. The number of ether oxygens (including phenoxy) is 1. The maximum absolute atomic E-state index is 12.8. The van der Waals surface area contributed by atoms with Crippen LogP contribution in [0, 0.1) is 13.8 Å². The predicted molar refractivity (Wildman–Crippen MR) is 116 cm³/mol. The Morgan fingerprint density at radius 3 is 2.55 bits per heavy atom. The van der Waals surface area contributed by atoms with E-state index in [-0.39, 0.29) is 11.8 Å². The van der Waals surface area contributed by atoms with Gasteiger partial charge in [0.2, 0.25) is 0 Å². The Bertz CT molecular complexity index is 1080. The number of likely N-dealkylation sites (tertiary alicyclic amines) is 1. The van der Waals surface area contributed by atoms with Crippen LogP contribution in [0.3, 0.4) is 0 Å². The smallest absolute Gasteiger partial charge is 0.255 e. The van der Waals surface area contributed by atoms with Gasteiger partial charge in [-0.1, -0.05) is 17.3 Å². The van der Waals surface area contributed by atoms with Crippen LogP contribution in [0.15, 0.2) is 53.1 Å². The average molecular weight is 419 g/mol. The summed E-state index contributed by atoms with van der Waals surface area (Å²) in [4.78, 5) is 27.2. The summed E-state index contributed by atoms with van der Waals surface area (Å²) >= 11 is 0. The van der Waals surface area contributed by atoms with E-state index in [0.29, 0.717) is 29.2 Å². The first-order valence-corrected chi connectivity index (χ1v) is 10.4. The molecule has 1 aliphatic heterocycles. The van der Waals surface area contributed by atoms with Gasteiger partial charge in [-0.05, 0) is 63.1 Å². The number of amides is 2. The first-order valence-electron chi connectivity index (χ1n) is 10.4. The van der Waals surface area contributed by atoms with Gasteiger partial charge in [-0.2, -0.15) is 0 Å². The van der Waals surface area contributed by atoms with Crippen LogP contribution >= 0.6 is 0 Å². The molecule has 4 rings (SSSR count). The lowest BCUT2D eigenvalue weighted by atomic mass is 10.1. The standard InChI is InChI=1S/C24H25N3O4/c1-16-22(17(2)31-26-16)15-30-21-10-6-7-18(14-21)23(28)25-20-9-5-8-19(13-20)24(29)27-11-3-4-12-27/h5-10,13-14H,3-4,11-12,15H2,1-2H3,(H,25,28). The van der Waals surface area contributed by atoms with Crippen molar-refractivity contribution in [3.8, 4) is 5.75 Å². The van der Waals surface area contributed by atoms with Gasteiger partial charge >= 0.3 is 0 Å². The highest BCUT2D eigenvalue weighted by Gasteiger charge is 2.20. The second kappa shape index (κ2) is 9.04. The number of benzene rings is 2. The number of nitrogens with one attached hydrogen (secondary N) is 1. The Morgan fingerprint density at radius 2 is 1.81 bits per heavy atom. The summed E-state index contributed by atoms with van der Waals surface area (Å²) in [6, 6.07) is 14.0. The lowest BCUT2D eigenvalue weighted by Crippen LogP contribution is -2.27. The molecule has 0 radical (unpaired) electrons. The van der Waals surface area contributed by atoms with E-state index in [2.05, 4.69) is 10.5 Å². The number of anilines is 1. The molecule has 1 aliphatic rings. The molecule has 1 fully saturated rings. The molecule has 160 valence electrons. The monoisotopic (exact) mass is 419 g/mol. The van der Waals surface area contributed by atoms with Crippen LogP contribution in [0.1, 0.15) is 50.6 Å². The number of rotatable bonds is 6. The van der Waals surface area contributed by atoms with E-state index in [1.54, 1.807) is 48.5 Å². The molecule has 2 heterocycles. The highest BCUT2D eigenvalue weighted by atomic mass is 16.5. The molecule has 0 saturated carbocycles.